The maximum Gasteiger partial charge on any atom is 0.243 e. The highest BCUT2D eigenvalue weighted by Crippen LogP contribution is 2.29. The summed E-state index contributed by atoms with van der Waals surface area (Å²) in [6, 6.07) is 0. The minimum absolute atomic E-state index is 0.162. The van der Waals surface area contributed by atoms with E-state index >= 15 is 0 Å². The molecule has 26 heavy (non-hydrogen) atoms. The second kappa shape index (κ2) is 7.15. The van der Waals surface area contributed by atoms with E-state index in [1.54, 1.807) is 13.8 Å². The number of nitrogens with zero attached hydrogens (tertiary/aromatic N) is 1. The van der Waals surface area contributed by atoms with E-state index in [0.29, 0.717) is 31.8 Å². The molecule has 0 saturated carbocycles. The number of primary amides is 1. The predicted molar refractivity (Wildman–Crippen MR) is 94.9 cm³/mol. The van der Waals surface area contributed by atoms with Gasteiger partial charge in [0.2, 0.25) is 18.0 Å². The molecule has 0 bridgehead atoms. The fourth-order valence-corrected chi connectivity index (χ4v) is 4.78. The fourth-order valence-electron chi connectivity index (χ4n) is 2.82. The third-order valence-corrected chi connectivity index (χ3v) is 8.12. The van der Waals surface area contributed by atoms with Crippen molar-refractivity contribution in [1.29, 1.82) is 0 Å². The zero-order chi connectivity index (χ0) is 19.8. The van der Waals surface area contributed by atoms with Crippen molar-refractivity contribution in [3.05, 3.63) is 0 Å². The van der Waals surface area contributed by atoms with Gasteiger partial charge in [-0.25, -0.2) is 8.42 Å². The molecule has 1 unspecified atom stereocenters. The van der Waals surface area contributed by atoms with Crippen LogP contribution in [0.15, 0.2) is 5.16 Å². The number of amides is 2. The summed E-state index contributed by atoms with van der Waals surface area (Å²) in [6.45, 7) is 6.73. The maximum atomic E-state index is 12.9. The van der Waals surface area contributed by atoms with Gasteiger partial charge in [-0.05, 0) is 40.5 Å². The lowest BCUT2D eigenvalue weighted by atomic mass is 9.85. The van der Waals surface area contributed by atoms with Crippen molar-refractivity contribution < 1.29 is 27.6 Å². The van der Waals surface area contributed by atoms with Crippen molar-refractivity contribution in [2.24, 2.45) is 16.3 Å². The number of oxime groups is 1. The van der Waals surface area contributed by atoms with Crippen LogP contribution in [-0.2, 0) is 29.0 Å². The molecule has 2 heterocycles. The number of ether oxygens (including phenoxy) is 1. The highest BCUT2D eigenvalue weighted by atomic mass is 32.2. The molecule has 0 aromatic heterocycles. The minimum Gasteiger partial charge on any atom is -0.381 e. The first-order valence-electron chi connectivity index (χ1n) is 8.56. The topological polar surface area (TPSA) is 137 Å². The molecule has 1 fully saturated rings. The van der Waals surface area contributed by atoms with Crippen LogP contribution < -0.4 is 11.1 Å². The van der Waals surface area contributed by atoms with Crippen molar-refractivity contribution in [3.63, 3.8) is 0 Å². The number of hydrogen-bond donors (Lipinski definition) is 2. The van der Waals surface area contributed by atoms with E-state index in [0.717, 1.165) is 0 Å². The van der Waals surface area contributed by atoms with E-state index in [1.807, 2.05) is 0 Å². The van der Waals surface area contributed by atoms with Crippen molar-refractivity contribution in [1.82, 2.24) is 5.32 Å². The summed E-state index contributed by atoms with van der Waals surface area (Å²) >= 11 is 0. The van der Waals surface area contributed by atoms with Crippen LogP contribution in [-0.4, -0.2) is 55.4 Å². The summed E-state index contributed by atoms with van der Waals surface area (Å²) in [5.74, 6) is -1.23. The van der Waals surface area contributed by atoms with E-state index in [2.05, 4.69) is 10.5 Å². The number of sulfone groups is 1. The van der Waals surface area contributed by atoms with Gasteiger partial charge in [0.25, 0.3) is 0 Å². The summed E-state index contributed by atoms with van der Waals surface area (Å²) in [5, 5.41) is 5.79. The molecular formula is C16H27N3O6S. The first kappa shape index (κ1) is 20.6. The molecule has 9 nitrogen and oxygen atoms in total. The Morgan fingerprint density at radius 1 is 1.19 bits per heavy atom. The smallest absolute Gasteiger partial charge is 0.243 e. The molecule has 0 radical (unpaired) electrons. The fraction of sp³-hybridized carbons (Fsp3) is 0.812. The second-order valence-electron chi connectivity index (χ2n) is 7.67. The van der Waals surface area contributed by atoms with Crippen LogP contribution in [0.5, 0.6) is 0 Å². The Morgan fingerprint density at radius 2 is 1.77 bits per heavy atom. The van der Waals surface area contributed by atoms with Crippen LogP contribution in [0.4, 0.5) is 0 Å². The Labute approximate surface area is 153 Å². The standard InChI is InChI=1S/C16H27N3O6S/c1-15(2,13(17)20)11-9-12(25-19-11)18-14(21)16(3,4)26(22,23)10-5-7-24-8-6-10/h10,12H,5-9H2,1-4H3,(H2,17,20)(H,18,21). The summed E-state index contributed by atoms with van der Waals surface area (Å²) in [4.78, 5) is 29.3. The molecule has 0 spiro atoms. The van der Waals surface area contributed by atoms with Crippen LogP contribution in [0, 0.1) is 5.41 Å². The van der Waals surface area contributed by atoms with E-state index in [1.165, 1.54) is 13.8 Å². The van der Waals surface area contributed by atoms with Crippen molar-refractivity contribution in [3.8, 4) is 0 Å². The van der Waals surface area contributed by atoms with E-state index in [-0.39, 0.29) is 6.42 Å². The number of nitrogens with one attached hydrogen (secondary N) is 1. The summed E-state index contributed by atoms with van der Waals surface area (Å²) in [6.07, 6.45) is 0.0768. The van der Waals surface area contributed by atoms with Gasteiger partial charge in [-0.3, -0.25) is 9.59 Å². The molecule has 0 aromatic rings. The molecule has 0 aliphatic carbocycles. The quantitative estimate of drug-likeness (QED) is 0.660. The Bertz CT molecular complexity index is 707. The zero-order valence-electron chi connectivity index (χ0n) is 15.6. The summed E-state index contributed by atoms with van der Waals surface area (Å²) in [7, 11) is -3.72. The molecule has 148 valence electrons. The van der Waals surface area contributed by atoms with Gasteiger partial charge in [0.1, 0.15) is 4.75 Å². The molecule has 1 saturated heterocycles. The monoisotopic (exact) mass is 389 g/mol. The molecule has 2 aliphatic heterocycles. The van der Waals surface area contributed by atoms with E-state index in [4.69, 9.17) is 15.3 Å². The third kappa shape index (κ3) is 3.71. The molecule has 2 amide bonds. The van der Waals surface area contributed by atoms with Crippen LogP contribution in [0.2, 0.25) is 0 Å². The summed E-state index contributed by atoms with van der Waals surface area (Å²) < 4.78 is 29.4. The molecule has 10 heteroatoms. The molecule has 0 aromatic carbocycles. The van der Waals surface area contributed by atoms with Gasteiger partial charge in [0, 0.05) is 19.6 Å². The summed E-state index contributed by atoms with van der Waals surface area (Å²) in [5.41, 5.74) is 4.75. The van der Waals surface area contributed by atoms with Crippen molar-refractivity contribution >= 4 is 27.4 Å². The second-order valence-corrected chi connectivity index (χ2v) is 10.4. The van der Waals surface area contributed by atoms with Crippen LogP contribution in [0.1, 0.15) is 47.0 Å². The molecule has 2 aliphatic rings. The van der Waals surface area contributed by atoms with Gasteiger partial charge in [0.15, 0.2) is 9.84 Å². The van der Waals surface area contributed by atoms with Crippen LogP contribution in [0.3, 0.4) is 0 Å². The largest absolute Gasteiger partial charge is 0.381 e. The molecular weight excluding hydrogens is 362 g/mol. The zero-order valence-corrected chi connectivity index (χ0v) is 16.4. The highest BCUT2D eigenvalue weighted by Gasteiger charge is 2.48. The number of carbonyl (C=O) groups is 2. The lowest BCUT2D eigenvalue weighted by Crippen LogP contribution is -2.54. The normalized spacial score (nSPS) is 22.5. The van der Waals surface area contributed by atoms with Gasteiger partial charge >= 0.3 is 0 Å². The Hall–Kier alpha value is -1.68. The Balaban J connectivity index is 2.04. The Kier molecular flexibility index (Phi) is 5.67. The lowest BCUT2D eigenvalue weighted by molar-refractivity contribution is -0.126. The van der Waals surface area contributed by atoms with E-state index < -0.39 is 43.3 Å². The van der Waals surface area contributed by atoms with Gasteiger partial charge in [0.05, 0.1) is 16.4 Å². The van der Waals surface area contributed by atoms with Crippen molar-refractivity contribution in [2.45, 2.75) is 63.2 Å². The molecule has 1 atom stereocenters. The van der Waals surface area contributed by atoms with Crippen LogP contribution >= 0.6 is 0 Å². The van der Waals surface area contributed by atoms with Gasteiger partial charge < -0.3 is 20.6 Å². The number of hydrogen-bond acceptors (Lipinski definition) is 7. The molecule has 3 N–H and O–H groups in total. The van der Waals surface area contributed by atoms with Gasteiger partial charge in [-0.2, -0.15) is 0 Å². The molecule has 2 rings (SSSR count). The van der Waals surface area contributed by atoms with E-state index in [9.17, 15) is 18.0 Å². The lowest BCUT2D eigenvalue weighted by Gasteiger charge is -2.31. The SMILES string of the molecule is CC(C)(C(N)=O)C1=NOC(NC(=O)C(C)(C)S(=O)(=O)C2CCOCC2)C1. The van der Waals surface area contributed by atoms with Gasteiger partial charge in [-0.15, -0.1) is 0 Å². The first-order chi connectivity index (χ1) is 11.9. The minimum atomic E-state index is -3.72. The average molecular weight is 389 g/mol. The Morgan fingerprint density at radius 3 is 2.31 bits per heavy atom. The first-order valence-corrected chi connectivity index (χ1v) is 10.1. The predicted octanol–water partition coefficient (Wildman–Crippen LogP) is 0.0889. The van der Waals surface area contributed by atoms with Crippen LogP contribution in [0.25, 0.3) is 0 Å². The van der Waals surface area contributed by atoms with Crippen molar-refractivity contribution in [2.75, 3.05) is 13.2 Å². The highest BCUT2D eigenvalue weighted by molar-refractivity contribution is 7.94. The average Bonchev–Trinajstić information content (AvgIpc) is 3.04. The number of carbonyl (C=O) groups excluding carboxylic acids is 2. The third-order valence-electron chi connectivity index (χ3n) is 5.16. The maximum absolute atomic E-state index is 12.9. The number of nitrogens with two attached hydrogens (primary N) is 1. The van der Waals surface area contributed by atoms with Gasteiger partial charge in [-0.1, -0.05) is 5.16 Å². The number of rotatable bonds is 6.